The fraction of sp³-hybridized carbons (Fsp3) is 0.310. The molecule has 0 spiro atoms. The van der Waals surface area contributed by atoms with Crippen molar-refractivity contribution >= 4 is 35.1 Å². The Hall–Kier alpha value is -3.29. The van der Waals surface area contributed by atoms with Crippen LogP contribution < -0.4 is 14.9 Å². The average molecular weight is 501 g/mol. The van der Waals surface area contributed by atoms with Crippen LogP contribution in [0.4, 0.5) is 11.4 Å². The molecule has 0 aliphatic carbocycles. The van der Waals surface area contributed by atoms with Gasteiger partial charge in [-0.05, 0) is 91.0 Å². The minimum Gasteiger partial charge on any atom is -0.348 e. The number of benzene rings is 3. The van der Waals surface area contributed by atoms with E-state index in [1.165, 1.54) is 22.4 Å². The van der Waals surface area contributed by atoms with Gasteiger partial charge in [0.1, 0.15) is 0 Å². The lowest BCUT2D eigenvalue weighted by Crippen LogP contribution is -2.26. The highest BCUT2D eigenvalue weighted by Crippen LogP contribution is 2.31. The fourth-order valence-corrected chi connectivity index (χ4v) is 5.67. The zero-order valence-corrected chi connectivity index (χ0v) is 21.7. The van der Waals surface area contributed by atoms with Gasteiger partial charge in [-0.25, -0.2) is 0 Å². The molecule has 6 nitrogen and oxygen atoms in total. The van der Waals surface area contributed by atoms with Gasteiger partial charge >= 0.3 is 0 Å². The Labute approximate surface area is 217 Å². The highest BCUT2D eigenvalue weighted by molar-refractivity contribution is 7.99. The van der Waals surface area contributed by atoms with Crippen LogP contribution >= 0.6 is 11.9 Å². The van der Waals surface area contributed by atoms with E-state index in [0.29, 0.717) is 17.7 Å². The molecule has 3 aromatic carbocycles. The number of nitrogens with one attached hydrogen (secondary N) is 2. The summed E-state index contributed by atoms with van der Waals surface area (Å²) < 4.78 is 2.28. The van der Waals surface area contributed by atoms with Gasteiger partial charge in [0, 0.05) is 49.2 Å². The Morgan fingerprint density at radius 3 is 2.61 bits per heavy atom. The number of rotatable bonds is 6. The fourth-order valence-electron chi connectivity index (χ4n) is 4.98. The summed E-state index contributed by atoms with van der Waals surface area (Å²) in [7, 11) is 2.11. The van der Waals surface area contributed by atoms with Gasteiger partial charge in [-0.1, -0.05) is 30.1 Å². The first kappa shape index (κ1) is 24.4. The van der Waals surface area contributed by atoms with Crippen molar-refractivity contribution in [2.45, 2.75) is 32.4 Å². The minimum atomic E-state index is -0.152. The maximum Gasteiger partial charge on any atom is 0.255 e. The van der Waals surface area contributed by atoms with E-state index in [4.69, 9.17) is 0 Å². The maximum atomic E-state index is 12.9. The quantitative estimate of drug-likeness (QED) is 0.472. The molecule has 2 heterocycles. The standard InChI is InChI=1S/C29H32N4O2S/c1-32-14-12-21-8-10-26(17-25(21)19-32)31-29(35)23-6-3-5-20(15-23)18-30-28(34)24-9-11-27-22(16-24)7-4-13-33(27)36-2/h3,5-6,8-11,15-17H,4,7,12-14,18-19H2,1-2H3,(H,30,34)(H,31,35). The molecule has 2 aliphatic rings. The summed E-state index contributed by atoms with van der Waals surface area (Å²) in [6.45, 7) is 3.35. The van der Waals surface area contributed by atoms with E-state index in [1.54, 1.807) is 18.0 Å². The molecule has 2 aliphatic heterocycles. The normalized spacial score (nSPS) is 15.1. The second-order valence-electron chi connectivity index (χ2n) is 9.54. The number of amides is 2. The van der Waals surface area contributed by atoms with Crippen LogP contribution in [0, 0.1) is 0 Å². The molecule has 0 aromatic heterocycles. The van der Waals surface area contributed by atoms with Crippen LogP contribution in [-0.2, 0) is 25.9 Å². The number of fused-ring (bicyclic) bond motifs is 2. The van der Waals surface area contributed by atoms with Crippen LogP contribution in [-0.4, -0.2) is 43.1 Å². The van der Waals surface area contributed by atoms with Gasteiger partial charge in [-0.2, -0.15) is 0 Å². The number of anilines is 2. The lowest BCUT2D eigenvalue weighted by atomic mass is 9.99. The van der Waals surface area contributed by atoms with Crippen molar-refractivity contribution in [1.29, 1.82) is 0 Å². The van der Waals surface area contributed by atoms with Crippen LogP contribution in [0.5, 0.6) is 0 Å². The third-order valence-electron chi connectivity index (χ3n) is 6.95. The van der Waals surface area contributed by atoms with Crippen LogP contribution in [0.25, 0.3) is 0 Å². The number of nitrogens with zero attached hydrogens (tertiary/aromatic N) is 2. The number of carbonyl (C=O) groups excluding carboxylic acids is 2. The Balaban J connectivity index is 1.22. The third-order valence-corrected chi connectivity index (χ3v) is 7.77. The molecule has 0 fully saturated rings. The number of hydrogen-bond acceptors (Lipinski definition) is 5. The van der Waals surface area contributed by atoms with Crippen molar-refractivity contribution in [1.82, 2.24) is 10.2 Å². The van der Waals surface area contributed by atoms with Crippen molar-refractivity contribution in [2.24, 2.45) is 0 Å². The number of likely N-dealkylation sites (N-methyl/N-ethyl adjacent to an activating group) is 1. The molecule has 36 heavy (non-hydrogen) atoms. The number of aryl methyl sites for hydroxylation is 1. The van der Waals surface area contributed by atoms with E-state index in [2.05, 4.69) is 45.3 Å². The minimum absolute atomic E-state index is 0.104. The van der Waals surface area contributed by atoms with Gasteiger partial charge < -0.3 is 19.8 Å². The molecule has 0 bridgehead atoms. The van der Waals surface area contributed by atoms with E-state index >= 15 is 0 Å². The summed E-state index contributed by atoms with van der Waals surface area (Å²) in [6, 6.07) is 19.5. The van der Waals surface area contributed by atoms with Gasteiger partial charge in [0.05, 0.1) is 5.69 Å². The summed E-state index contributed by atoms with van der Waals surface area (Å²) in [5, 5.41) is 6.04. The van der Waals surface area contributed by atoms with Crippen LogP contribution in [0.15, 0.2) is 60.7 Å². The van der Waals surface area contributed by atoms with Crippen molar-refractivity contribution in [3.05, 3.63) is 94.0 Å². The zero-order valence-electron chi connectivity index (χ0n) is 20.8. The molecule has 0 saturated heterocycles. The summed E-state index contributed by atoms with van der Waals surface area (Å²) in [5.74, 6) is -0.256. The first-order valence-corrected chi connectivity index (χ1v) is 13.6. The zero-order chi connectivity index (χ0) is 25.1. The molecule has 0 unspecified atom stereocenters. The first-order valence-electron chi connectivity index (χ1n) is 12.4. The first-order chi connectivity index (χ1) is 17.5. The Bertz CT molecular complexity index is 1290. The van der Waals surface area contributed by atoms with Crippen molar-refractivity contribution in [3.63, 3.8) is 0 Å². The van der Waals surface area contributed by atoms with Gasteiger partial charge in [0.15, 0.2) is 0 Å². The lowest BCUT2D eigenvalue weighted by Gasteiger charge is -2.29. The van der Waals surface area contributed by atoms with Gasteiger partial charge in [0.25, 0.3) is 11.8 Å². The summed E-state index contributed by atoms with van der Waals surface area (Å²) in [6.07, 6.45) is 5.20. The van der Waals surface area contributed by atoms with Crippen LogP contribution in [0.2, 0.25) is 0 Å². The molecule has 5 rings (SSSR count). The highest BCUT2D eigenvalue weighted by atomic mass is 32.2. The largest absolute Gasteiger partial charge is 0.348 e. The molecule has 0 saturated carbocycles. The predicted molar refractivity (Wildman–Crippen MR) is 148 cm³/mol. The summed E-state index contributed by atoms with van der Waals surface area (Å²) in [4.78, 5) is 28.1. The molecule has 2 amide bonds. The van der Waals surface area contributed by atoms with E-state index in [1.807, 2.05) is 42.5 Å². The molecular formula is C29H32N4O2S. The molecule has 0 radical (unpaired) electrons. The topological polar surface area (TPSA) is 64.7 Å². The smallest absolute Gasteiger partial charge is 0.255 e. The molecule has 7 heteroatoms. The molecule has 0 atom stereocenters. The van der Waals surface area contributed by atoms with Crippen LogP contribution in [0.1, 0.15) is 49.4 Å². The van der Waals surface area contributed by atoms with Gasteiger partial charge in [-0.3, -0.25) is 9.59 Å². The van der Waals surface area contributed by atoms with Crippen molar-refractivity contribution in [2.75, 3.05) is 36.0 Å². The Kier molecular flexibility index (Phi) is 7.30. The van der Waals surface area contributed by atoms with E-state index in [0.717, 1.165) is 50.1 Å². The molecular weight excluding hydrogens is 468 g/mol. The predicted octanol–water partition coefficient (Wildman–Crippen LogP) is 4.89. The van der Waals surface area contributed by atoms with Crippen molar-refractivity contribution in [3.8, 4) is 0 Å². The molecule has 186 valence electrons. The van der Waals surface area contributed by atoms with Gasteiger partial charge in [0.2, 0.25) is 0 Å². The Morgan fingerprint density at radius 1 is 0.889 bits per heavy atom. The highest BCUT2D eigenvalue weighted by Gasteiger charge is 2.18. The maximum absolute atomic E-state index is 12.9. The Morgan fingerprint density at radius 2 is 1.75 bits per heavy atom. The average Bonchev–Trinajstić information content (AvgIpc) is 2.91. The lowest BCUT2D eigenvalue weighted by molar-refractivity contribution is 0.0950. The van der Waals surface area contributed by atoms with E-state index in [9.17, 15) is 9.59 Å². The van der Waals surface area contributed by atoms with E-state index < -0.39 is 0 Å². The van der Waals surface area contributed by atoms with E-state index in [-0.39, 0.29) is 11.8 Å². The number of carbonyl (C=O) groups is 2. The second-order valence-corrected chi connectivity index (χ2v) is 10.3. The van der Waals surface area contributed by atoms with Gasteiger partial charge in [-0.15, -0.1) is 0 Å². The van der Waals surface area contributed by atoms with Crippen LogP contribution in [0.3, 0.4) is 0 Å². The monoisotopic (exact) mass is 500 g/mol. The molecule has 3 aromatic rings. The third kappa shape index (κ3) is 5.42. The summed E-state index contributed by atoms with van der Waals surface area (Å²) >= 11 is 1.72. The number of hydrogen-bond donors (Lipinski definition) is 2. The summed E-state index contributed by atoms with van der Waals surface area (Å²) in [5.41, 5.74) is 7.97. The van der Waals surface area contributed by atoms with Crippen molar-refractivity contribution < 1.29 is 9.59 Å². The SMILES string of the molecule is CSN1CCCc2cc(C(=O)NCc3cccc(C(=O)Nc4ccc5c(c4)CN(C)CC5)c3)ccc21. The molecule has 2 N–H and O–H groups in total. The second kappa shape index (κ2) is 10.8.